The van der Waals surface area contributed by atoms with E-state index < -0.39 is 11.9 Å². The maximum atomic E-state index is 11.1. The second kappa shape index (κ2) is 6.61. The number of rotatable bonds is 4. The van der Waals surface area contributed by atoms with Crippen molar-refractivity contribution in [1.82, 2.24) is 0 Å². The van der Waals surface area contributed by atoms with Gasteiger partial charge in [-0.25, -0.2) is 0 Å². The predicted octanol–water partition coefficient (Wildman–Crippen LogP) is 0.255. The van der Waals surface area contributed by atoms with Gasteiger partial charge in [0.05, 0.1) is 0 Å². The summed E-state index contributed by atoms with van der Waals surface area (Å²) in [6.07, 6.45) is 1.18. The third-order valence-electron chi connectivity index (χ3n) is 1.43. The molecule has 0 amide bonds. The summed E-state index contributed by atoms with van der Waals surface area (Å²) in [5.41, 5.74) is 0. The number of carbonyl (C=O) groups excluding carboxylic acids is 2. The Morgan fingerprint density at radius 1 is 1.38 bits per heavy atom. The molecule has 0 bridgehead atoms. The van der Waals surface area contributed by atoms with Crippen molar-refractivity contribution in [2.45, 2.75) is 36.3 Å². The molecule has 0 radical (unpaired) electrons. The van der Waals surface area contributed by atoms with Crippen LogP contribution in [0.1, 0.15) is 26.7 Å². The average Bonchev–Trinajstić information content (AvgIpc) is 2.03. The molecule has 13 heavy (non-hydrogen) atoms. The van der Waals surface area contributed by atoms with Crippen LogP contribution in [0, 0.1) is 0 Å². The molecule has 0 fully saturated rings. The Morgan fingerprint density at radius 3 is 2.31 bits per heavy atom. The summed E-state index contributed by atoms with van der Waals surface area (Å²) in [6, 6.07) is 0. The Hall–Kier alpha value is 0.179. The van der Waals surface area contributed by atoms with E-state index in [-0.39, 0.29) is 9.63 Å². The van der Waals surface area contributed by atoms with Gasteiger partial charge in [-0.1, -0.05) is 0 Å². The average molecular weight is 316 g/mol. The minimum absolute atomic E-state index is 0.217. The van der Waals surface area contributed by atoms with Crippen molar-refractivity contribution >= 4 is 44.0 Å². The van der Waals surface area contributed by atoms with Crippen molar-refractivity contribution in [1.29, 1.82) is 0 Å². The molecule has 5 heteroatoms. The number of esters is 2. The summed E-state index contributed by atoms with van der Waals surface area (Å²) in [5.74, 6) is -0.906. The normalized spacial score (nSPS) is 14.8. The van der Waals surface area contributed by atoms with Gasteiger partial charge in [0.2, 0.25) is 0 Å². The van der Waals surface area contributed by atoms with E-state index in [1.807, 2.05) is 6.92 Å². The van der Waals surface area contributed by atoms with Gasteiger partial charge in [0.1, 0.15) is 0 Å². The van der Waals surface area contributed by atoms with Gasteiger partial charge in [-0.2, -0.15) is 0 Å². The fourth-order valence-corrected chi connectivity index (χ4v) is 0.999. The van der Waals surface area contributed by atoms with Crippen molar-refractivity contribution in [3.8, 4) is 0 Å². The summed E-state index contributed by atoms with van der Waals surface area (Å²) >= 11 is 4.54. The molecule has 0 rings (SSSR count). The summed E-state index contributed by atoms with van der Waals surface area (Å²) in [6.45, 7) is 3.66. The van der Waals surface area contributed by atoms with Gasteiger partial charge in [0.15, 0.2) is 0 Å². The molecular formula is C8H14O3Se2. The van der Waals surface area contributed by atoms with Crippen LogP contribution in [0.15, 0.2) is 0 Å². The van der Waals surface area contributed by atoms with E-state index >= 15 is 0 Å². The van der Waals surface area contributed by atoms with E-state index in [4.69, 9.17) is 0 Å². The molecule has 0 aliphatic heterocycles. The first-order valence-corrected chi connectivity index (χ1v) is 6.24. The van der Waals surface area contributed by atoms with Crippen LogP contribution in [0.5, 0.6) is 0 Å². The first-order chi connectivity index (χ1) is 5.97. The summed E-state index contributed by atoms with van der Waals surface area (Å²) in [4.78, 5) is 21.9. The van der Waals surface area contributed by atoms with Gasteiger partial charge >= 0.3 is 94.6 Å². The van der Waals surface area contributed by atoms with Crippen LogP contribution in [0.4, 0.5) is 0 Å². The number of ether oxygens (including phenoxy) is 1. The van der Waals surface area contributed by atoms with Crippen molar-refractivity contribution in [2.24, 2.45) is 0 Å². The molecule has 0 aromatic carbocycles. The molecule has 0 aliphatic rings. The van der Waals surface area contributed by atoms with E-state index in [1.54, 1.807) is 6.92 Å². The minimum atomic E-state index is -0.471. The monoisotopic (exact) mass is 318 g/mol. The van der Waals surface area contributed by atoms with Crippen LogP contribution in [0.25, 0.3) is 0 Å². The number of hydrogen-bond acceptors (Lipinski definition) is 3. The van der Waals surface area contributed by atoms with E-state index in [9.17, 15) is 9.59 Å². The molecule has 0 aromatic rings. The zero-order chi connectivity index (χ0) is 10.4. The standard InChI is InChI=1S/C8H14O3Se2/c1-3-6(13)4-7(9)11-8(10)5(2)12/h5-6,12-13H,3-4H2,1-2H3. The summed E-state index contributed by atoms with van der Waals surface area (Å²) < 4.78 is 4.58. The second-order valence-electron chi connectivity index (χ2n) is 2.74. The zero-order valence-electron chi connectivity index (χ0n) is 7.69. The molecule has 0 heterocycles. The zero-order valence-corrected chi connectivity index (χ0v) is 11.4. The van der Waals surface area contributed by atoms with E-state index in [2.05, 4.69) is 36.8 Å². The Kier molecular flexibility index (Phi) is 6.70. The first kappa shape index (κ1) is 13.2. The van der Waals surface area contributed by atoms with Gasteiger partial charge in [-0.15, -0.1) is 0 Å². The molecular weight excluding hydrogens is 302 g/mol. The molecule has 3 nitrogen and oxygen atoms in total. The van der Waals surface area contributed by atoms with E-state index in [1.165, 1.54) is 0 Å². The van der Waals surface area contributed by atoms with Crippen molar-refractivity contribution in [3.05, 3.63) is 0 Å². The molecule has 0 aromatic heterocycles. The van der Waals surface area contributed by atoms with Crippen molar-refractivity contribution < 1.29 is 14.3 Å². The summed E-state index contributed by atoms with van der Waals surface area (Å²) in [7, 11) is 0. The quantitative estimate of drug-likeness (QED) is 0.424. The van der Waals surface area contributed by atoms with Crippen LogP contribution in [-0.2, 0) is 14.3 Å². The fraction of sp³-hybridized carbons (Fsp3) is 0.750. The van der Waals surface area contributed by atoms with Crippen LogP contribution >= 0.6 is 0 Å². The molecule has 2 atom stereocenters. The number of hydrogen-bond donors (Lipinski definition) is 0. The predicted molar refractivity (Wildman–Crippen MR) is 53.5 cm³/mol. The molecule has 0 spiro atoms. The summed E-state index contributed by atoms with van der Waals surface area (Å²) in [5, 5.41) is 0. The third kappa shape index (κ3) is 6.28. The fourth-order valence-electron chi connectivity index (χ4n) is 0.576. The van der Waals surface area contributed by atoms with Crippen molar-refractivity contribution in [3.63, 3.8) is 0 Å². The van der Waals surface area contributed by atoms with Gasteiger partial charge in [-0.05, 0) is 0 Å². The Bertz CT molecular complexity index is 192. The van der Waals surface area contributed by atoms with Crippen molar-refractivity contribution in [2.75, 3.05) is 0 Å². The SMILES string of the molecule is CCC([SeH])CC(=O)OC(=O)C(C)[SeH]. The molecule has 0 aliphatic carbocycles. The van der Waals surface area contributed by atoms with Gasteiger partial charge < -0.3 is 0 Å². The van der Waals surface area contributed by atoms with Crippen LogP contribution in [0.2, 0.25) is 9.63 Å². The van der Waals surface area contributed by atoms with Crippen LogP contribution < -0.4 is 0 Å². The molecule has 76 valence electrons. The molecule has 0 saturated heterocycles. The van der Waals surface area contributed by atoms with Gasteiger partial charge in [0, 0.05) is 0 Å². The number of carbonyl (C=O) groups is 2. The Balaban J connectivity index is 3.81. The maximum absolute atomic E-state index is 11.1. The molecule has 2 unspecified atom stereocenters. The molecule has 0 saturated carbocycles. The van der Waals surface area contributed by atoms with Crippen LogP contribution in [0.3, 0.4) is 0 Å². The third-order valence-corrected chi connectivity index (χ3v) is 3.02. The topological polar surface area (TPSA) is 43.4 Å². The van der Waals surface area contributed by atoms with Gasteiger partial charge in [0.25, 0.3) is 0 Å². The second-order valence-corrected chi connectivity index (χ2v) is 5.89. The van der Waals surface area contributed by atoms with Gasteiger partial charge in [-0.3, -0.25) is 0 Å². The Labute approximate surface area is 94.6 Å². The Morgan fingerprint density at radius 2 is 1.92 bits per heavy atom. The van der Waals surface area contributed by atoms with Crippen LogP contribution in [-0.4, -0.2) is 44.0 Å². The van der Waals surface area contributed by atoms with E-state index in [0.717, 1.165) is 6.42 Å². The van der Waals surface area contributed by atoms with E-state index in [0.29, 0.717) is 6.42 Å². The first-order valence-electron chi connectivity index (χ1n) is 4.08. The molecule has 0 N–H and O–H groups in total.